The zero-order valence-corrected chi connectivity index (χ0v) is 13.3. The van der Waals surface area contributed by atoms with Crippen molar-refractivity contribution in [2.24, 2.45) is 0 Å². The Kier molecular flexibility index (Phi) is 4.77. The number of carbonyl (C=O) groups excluding carboxylic acids is 1. The lowest BCUT2D eigenvalue weighted by Gasteiger charge is -2.20. The van der Waals surface area contributed by atoms with Crippen molar-refractivity contribution in [3.8, 4) is 0 Å². The molecule has 1 rings (SSSR count). The van der Waals surface area contributed by atoms with Crippen LogP contribution in [0.15, 0.2) is 17.0 Å². The van der Waals surface area contributed by atoms with Gasteiger partial charge < -0.3 is 10.6 Å². The van der Waals surface area contributed by atoms with Gasteiger partial charge in [0, 0.05) is 21.1 Å². The van der Waals surface area contributed by atoms with Crippen molar-refractivity contribution in [2.75, 3.05) is 33.4 Å². The van der Waals surface area contributed by atoms with Gasteiger partial charge in [-0.05, 0) is 37.1 Å². The van der Waals surface area contributed by atoms with Gasteiger partial charge in [0.05, 0.1) is 12.2 Å². The average Bonchev–Trinajstić information content (AvgIpc) is 2.33. The number of benzene rings is 1. The van der Waals surface area contributed by atoms with Crippen LogP contribution in [0.1, 0.15) is 11.1 Å². The van der Waals surface area contributed by atoms with E-state index >= 15 is 0 Å². The number of nitrogens with zero attached hydrogens (tertiary/aromatic N) is 2. The molecule has 0 saturated heterocycles. The molecule has 1 aromatic carbocycles. The summed E-state index contributed by atoms with van der Waals surface area (Å²) in [6.07, 6.45) is 0. The molecule has 0 bridgehead atoms. The number of rotatable bonds is 4. The van der Waals surface area contributed by atoms with Crippen LogP contribution in [-0.4, -0.2) is 51.2 Å². The number of nitrogen functional groups attached to an aromatic ring is 1. The number of anilines is 1. The van der Waals surface area contributed by atoms with Gasteiger partial charge in [-0.1, -0.05) is 0 Å². The van der Waals surface area contributed by atoms with Crippen molar-refractivity contribution < 1.29 is 13.2 Å². The Hall–Kier alpha value is -1.60. The summed E-state index contributed by atoms with van der Waals surface area (Å²) in [6.45, 7) is 3.46. The minimum atomic E-state index is -3.78. The number of hydrogen-bond donors (Lipinski definition) is 1. The maximum absolute atomic E-state index is 12.4. The van der Waals surface area contributed by atoms with E-state index in [2.05, 4.69) is 0 Å². The zero-order valence-electron chi connectivity index (χ0n) is 12.5. The van der Waals surface area contributed by atoms with E-state index in [1.54, 1.807) is 20.2 Å². The number of carbonyl (C=O) groups is 1. The molecule has 0 fully saturated rings. The molecule has 0 unspecified atom stereocenters. The van der Waals surface area contributed by atoms with Gasteiger partial charge in [0.1, 0.15) is 4.90 Å². The normalized spacial score (nSPS) is 11.7. The number of hydrogen-bond acceptors (Lipinski definition) is 4. The number of nitrogens with two attached hydrogens (primary N) is 1. The third-order valence-corrected chi connectivity index (χ3v) is 5.03. The van der Waals surface area contributed by atoms with Crippen molar-refractivity contribution in [1.82, 2.24) is 9.21 Å². The van der Waals surface area contributed by atoms with Gasteiger partial charge in [0.25, 0.3) is 0 Å². The highest BCUT2D eigenvalue weighted by Gasteiger charge is 2.26. The lowest BCUT2D eigenvalue weighted by Crippen LogP contribution is -2.38. The van der Waals surface area contributed by atoms with E-state index in [9.17, 15) is 13.2 Å². The molecule has 1 amide bonds. The molecule has 2 N–H and O–H groups in total. The van der Waals surface area contributed by atoms with Gasteiger partial charge in [-0.2, -0.15) is 4.31 Å². The van der Waals surface area contributed by atoms with Gasteiger partial charge in [-0.15, -0.1) is 0 Å². The summed E-state index contributed by atoms with van der Waals surface area (Å²) in [5, 5.41) is 0. The summed E-state index contributed by atoms with van der Waals surface area (Å²) >= 11 is 0. The molecule has 0 spiro atoms. The van der Waals surface area contributed by atoms with Crippen LogP contribution in [0, 0.1) is 13.8 Å². The molecule has 1 aromatic rings. The topological polar surface area (TPSA) is 83.7 Å². The lowest BCUT2D eigenvalue weighted by molar-refractivity contribution is -0.128. The standard InChI is InChI=1S/C13H21N3O3S/c1-9-6-11(14)12(7-10(9)2)20(18,19)16(5)8-13(17)15(3)4/h6-7H,8,14H2,1-5H3. The fourth-order valence-electron chi connectivity index (χ4n) is 1.62. The third-order valence-electron chi connectivity index (χ3n) is 3.17. The van der Waals surface area contributed by atoms with Crippen LogP contribution in [-0.2, 0) is 14.8 Å². The first-order valence-electron chi connectivity index (χ1n) is 6.10. The molecule has 6 nitrogen and oxygen atoms in total. The van der Waals surface area contributed by atoms with E-state index in [0.29, 0.717) is 0 Å². The molecule has 0 radical (unpaired) electrons. The fourth-order valence-corrected chi connectivity index (χ4v) is 2.92. The molecular weight excluding hydrogens is 278 g/mol. The first-order valence-corrected chi connectivity index (χ1v) is 7.54. The van der Waals surface area contributed by atoms with Crippen LogP contribution in [0.2, 0.25) is 0 Å². The quantitative estimate of drug-likeness (QED) is 0.825. The van der Waals surface area contributed by atoms with Gasteiger partial charge in [-0.25, -0.2) is 8.42 Å². The molecule has 7 heteroatoms. The minimum Gasteiger partial charge on any atom is -0.398 e. The number of sulfonamides is 1. The number of amides is 1. The van der Waals surface area contributed by atoms with E-state index in [-0.39, 0.29) is 23.0 Å². The first kappa shape index (κ1) is 16.5. The van der Waals surface area contributed by atoms with Crippen molar-refractivity contribution in [1.29, 1.82) is 0 Å². The monoisotopic (exact) mass is 299 g/mol. The smallest absolute Gasteiger partial charge is 0.245 e. The maximum Gasteiger partial charge on any atom is 0.245 e. The summed E-state index contributed by atoms with van der Waals surface area (Å²) in [7, 11) is 0.743. The largest absolute Gasteiger partial charge is 0.398 e. The van der Waals surface area contributed by atoms with Gasteiger partial charge in [0.2, 0.25) is 15.9 Å². The SMILES string of the molecule is Cc1cc(N)c(S(=O)(=O)N(C)CC(=O)N(C)C)cc1C. The summed E-state index contributed by atoms with van der Waals surface area (Å²) in [4.78, 5) is 13.0. The molecule has 0 heterocycles. The Bertz CT molecular complexity index is 624. The second-order valence-corrected chi connectivity index (χ2v) is 7.04. The molecule has 20 heavy (non-hydrogen) atoms. The fraction of sp³-hybridized carbons (Fsp3) is 0.462. The van der Waals surface area contributed by atoms with E-state index in [1.807, 2.05) is 13.8 Å². The second-order valence-electron chi connectivity index (χ2n) is 5.02. The van der Waals surface area contributed by atoms with Gasteiger partial charge >= 0.3 is 0 Å². The molecule has 112 valence electrons. The maximum atomic E-state index is 12.4. The highest BCUT2D eigenvalue weighted by atomic mass is 32.2. The highest BCUT2D eigenvalue weighted by Crippen LogP contribution is 2.25. The van der Waals surface area contributed by atoms with Crippen molar-refractivity contribution in [3.05, 3.63) is 23.3 Å². The zero-order chi connectivity index (χ0) is 15.7. The van der Waals surface area contributed by atoms with Gasteiger partial charge in [-0.3, -0.25) is 4.79 Å². The Balaban J connectivity index is 3.17. The van der Waals surface area contributed by atoms with Crippen molar-refractivity contribution >= 4 is 21.6 Å². The predicted octanol–water partition coefficient (Wildman–Crippen LogP) is 0.594. The van der Waals surface area contributed by atoms with Crippen molar-refractivity contribution in [3.63, 3.8) is 0 Å². The molecule has 0 aliphatic heterocycles. The Morgan fingerprint density at radius 3 is 2.15 bits per heavy atom. The Morgan fingerprint density at radius 2 is 1.65 bits per heavy atom. The van der Waals surface area contributed by atoms with Crippen LogP contribution >= 0.6 is 0 Å². The van der Waals surface area contributed by atoms with E-state index in [4.69, 9.17) is 5.73 Å². The first-order chi connectivity index (χ1) is 9.07. The summed E-state index contributed by atoms with van der Waals surface area (Å²) in [6, 6.07) is 3.17. The molecule has 0 aliphatic carbocycles. The van der Waals surface area contributed by atoms with Crippen LogP contribution in [0.3, 0.4) is 0 Å². The van der Waals surface area contributed by atoms with Crippen molar-refractivity contribution in [2.45, 2.75) is 18.7 Å². The molecular formula is C13H21N3O3S. The third kappa shape index (κ3) is 3.29. The molecule has 0 atom stereocenters. The minimum absolute atomic E-state index is 0.0367. The summed E-state index contributed by atoms with van der Waals surface area (Å²) in [5.41, 5.74) is 7.76. The van der Waals surface area contributed by atoms with Gasteiger partial charge in [0.15, 0.2) is 0 Å². The van der Waals surface area contributed by atoms with Crippen LogP contribution in [0.25, 0.3) is 0 Å². The molecule has 0 aromatic heterocycles. The summed E-state index contributed by atoms with van der Waals surface area (Å²) in [5.74, 6) is -0.293. The Labute approximate surface area is 120 Å². The lowest BCUT2D eigenvalue weighted by atomic mass is 10.1. The van der Waals surface area contributed by atoms with E-state index in [1.165, 1.54) is 18.0 Å². The number of aryl methyl sites for hydroxylation is 2. The second kappa shape index (κ2) is 5.80. The summed E-state index contributed by atoms with van der Waals surface area (Å²) < 4.78 is 25.9. The molecule has 0 aliphatic rings. The predicted molar refractivity (Wildman–Crippen MR) is 78.8 cm³/mol. The van der Waals surface area contributed by atoms with Crippen LogP contribution in [0.5, 0.6) is 0 Å². The van der Waals surface area contributed by atoms with Crippen LogP contribution in [0.4, 0.5) is 5.69 Å². The Morgan fingerprint density at radius 1 is 1.15 bits per heavy atom. The van der Waals surface area contributed by atoms with Crippen LogP contribution < -0.4 is 5.73 Å². The highest BCUT2D eigenvalue weighted by molar-refractivity contribution is 7.89. The van der Waals surface area contributed by atoms with E-state index in [0.717, 1.165) is 15.4 Å². The van der Waals surface area contributed by atoms with E-state index < -0.39 is 10.0 Å². The number of likely N-dealkylation sites (N-methyl/N-ethyl adjacent to an activating group) is 2. The average molecular weight is 299 g/mol. The molecule has 0 saturated carbocycles.